The van der Waals surface area contributed by atoms with Crippen LogP contribution in [0.25, 0.3) is 0 Å². The van der Waals surface area contributed by atoms with Gasteiger partial charge < -0.3 is 14.4 Å². The second-order valence-electron chi connectivity index (χ2n) is 4.66. The van der Waals surface area contributed by atoms with Crippen molar-refractivity contribution in [1.82, 2.24) is 0 Å². The largest absolute Gasteiger partial charge is 0.545 e. The first-order chi connectivity index (χ1) is 7.53. The molecule has 1 N–H and O–H groups in total. The topological polar surface area (TPSA) is 94.5 Å². The summed E-state index contributed by atoms with van der Waals surface area (Å²) in [6.07, 6.45) is 0.616. The van der Waals surface area contributed by atoms with Crippen LogP contribution in [0.3, 0.4) is 0 Å². The molecule has 0 atom stereocenters. The molecule has 7 heteroatoms. The first-order valence-electron chi connectivity index (χ1n) is 5.20. The molecule has 0 saturated heterocycles. The summed E-state index contributed by atoms with van der Waals surface area (Å²) in [6, 6.07) is 0. The lowest BCUT2D eigenvalue weighted by Gasteiger charge is -2.30. The van der Waals surface area contributed by atoms with Gasteiger partial charge in [-0.05, 0) is 5.57 Å². The highest BCUT2D eigenvalue weighted by molar-refractivity contribution is 7.85. The van der Waals surface area contributed by atoms with Crippen molar-refractivity contribution < 1.29 is 27.4 Å². The minimum absolute atomic E-state index is 0.0333. The van der Waals surface area contributed by atoms with E-state index in [-0.39, 0.29) is 11.3 Å². The number of quaternary nitrogens is 1. The van der Waals surface area contributed by atoms with E-state index < -0.39 is 16.1 Å². The van der Waals surface area contributed by atoms with Gasteiger partial charge in [0.15, 0.2) is 0 Å². The molecule has 0 aliphatic rings. The van der Waals surface area contributed by atoms with Crippen LogP contribution >= 0.6 is 0 Å². The Morgan fingerprint density at radius 2 is 1.88 bits per heavy atom. The second kappa shape index (κ2) is 6.13. The normalized spacial score (nSPS) is 12.4. The number of rotatable bonds is 8. The lowest BCUT2D eigenvalue weighted by atomic mass is 10.2. The molecule has 0 aliphatic heterocycles. The maximum absolute atomic E-state index is 10.5. The van der Waals surface area contributed by atoms with E-state index in [9.17, 15) is 18.3 Å². The lowest BCUT2D eigenvalue weighted by Crippen LogP contribution is -2.42. The Balaban J connectivity index is 4.04. The van der Waals surface area contributed by atoms with E-state index >= 15 is 0 Å². The molecule has 0 fully saturated rings. The lowest BCUT2D eigenvalue weighted by molar-refractivity contribution is -0.890. The van der Waals surface area contributed by atoms with Crippen LogP contribution in [0.2, 0.25) is 0 Å². The minimum Gasteiger partial charge on any atom is -0.545 e. The second-order valence-corrected chi connectivity index (χ2v) is 6.24. The van der Waals surface area contributed by atoms with Gasteiger partial charge in [-0.25, -0.2) is 0 Å². The molecule has 6 nitrogen and oxygen atoms in total. The maximum Gasteiger partial charge on any atom is 0.265 e. The zero-order chi connectivity index (χ0) is 13.7. The van der Waals surface area contributed by atoms with E-state index in [0.717, 1.165) is 0 Å². The van der Waals surface area contributed by atoms with Crippen LogP contribution in [-0.4, -0.2) is 56.4 Å². The monoisotopic (exact) mass is 265 g/mol. The first kappa shape index (κ1) is 16.1. The van der Waals surface area contributed by atoms with E-state index in [0.29, 0.717) is 30.4 Å². The predicted molar refractivity (Wildman–Crippen MR) is 61.6 cm³/mol. The average molecular weight is 265 g/mol. The van der Waals surface area contributed by atoms with Crippen LogP contribution < -0.4 is 5.11 Å². The number of hydrogen-bond acceptors (Lipinski definition) is 4. The maximum atomic E-state index is 10.5. The average Bonchev–Trinajstić information content (AvgIpc) is 2.11. The van der Waals surface area contributed by atoms with Gasteiger partial charge in [0.1, 0.15) is 0 Å². The van der Waals surface area contributed by atoms with Crippen molar-refractivity contribution in [3.8, 4) is 0 Å². The van der Waals surface area contributed by atoms with E-state index in [1.807, 2.05) is 14.1 Å². The highest BCUT2D eigenvalue weighted by Crippen LogP contribution is 2.06. The van der Waals surface area contributed by atoms with E-state index in [1.165, 1.54) is 0 Å². The Hall–Kier alpha value is -0.920. The minimum atomic E-state index is -3.92. The fraction of sp³-hybridized carbons (Fsp3) is 0.700. The molecule has 17 heavy (non-hydrogen) atoms. The van der Waals surface area contributed by atoms with Crippen molar-refractivity contribution in [3.63, 3.8) is 0 Å². The Morgan fingerprint density at radius 1 is 1.35 bits per heavy atom. The summed E-state index contributed by atoms with van der Waals surface area (Å²) < 4.78 is 30.1. The third-order valence-corrected chi connectivity index (χ3v) is 3.28. The third-order valence-electron chi connectivity index (χ3n) is 2.47. The molecule has 0 aromatic carbocycles. The Labute approximate surface area is 102 Å². The molecular weight excluding hydrogens is 246 g/mol. The molecule has 0 unspecified atom stereocenters. The molecule has 0 spiro atoms. The van der Waals surface area contributed by atoms with Crippen LogP contribution in [0.15, 0.2) is 12.2 Å². The summed E-state index contributed by atoms with van der Waals surface area (Å²) in [6.45, 7) is 4.42. The van der Waals surface area contributed by atoms with Crippen molar-refractivity contribution in [1.29, 1.82) is 0 Å². The molecule has 0 radical (unpaired) electrons. The Kier molecular flexibility index (Phi) is 5.80. The molecule has 0 aromatic rings. The zero-order valence-corrected chi connectivity index (χ0v) is 11.0. The van der Waals surface area contributed by atoms with E-state index in [4.69, 9.17) is 4.55 Å². The van der Waals surface area contributed by atoms with Crippen LogP contribution in [0.4, 0.5) is 0 Å². The number of carbonyl (C=O) groups excluding carboxylic acids is 1. The molecule has 100 valence electrons. The summed E-state index contributed by atoms with van der Waals surface area (Å²) in [5.74, 6) is -1.54. The quantitative estimate of drug-likeness (QED) is 0.346. The van der Waals surface area contributed by atoms with Gasteiger partial charge in [-0.1, -0.05) is 6.58 Å². The summed E-state index contributed by atoms with van der Waals surface area (Å²) in [4.78, 5) is 10.4. The van der Waals surface area contributed by atoms with Crippen molar-refractivity contribution >= 4 is 16.1 Å². The van der Waals surface area contributed by atoms with Gasteiger partial charge in [-0.3, -0.25) is 4.55 Å². The van der Waals surface area contributed by atoms with Gasteiger partial charge in [-0.2, -0.15) is 8.42 Å². The van der Waals surface area contributed by atoms with Crippen LogP contribution in [0.1, 0.15) is 12.8 Å². The van der Waals surface area contributed by atoms with E-state index in [2.05, 4.69) is 6.58 Å². The molecule has 0 aliphatic carbocycles. The molecule has 0 aromatic heterocycles. The zero-order valence-electron chi connectivity index (χ0n) is 10.2. The fourth-order valence-electron chi connectivity index (χ4n) is 1.33. The van der Waals surface area contributed by atoms with Crippen LogP contribution in [-0.2, 0) is 14.9 Å². The summed E-state index contributed by atoms with van der Waals surface area (Å²) in [7, 11) is -0.215. The molecule has 0 heterocycles. The highest BCUT2D eigenvalue weighted by atomic mass is 32.2. The van der Waals surface area contributed by atoms with Gasteiger partial charge in [0.2, 0.25) is 0 Å². The molecule has 0 saturated carbocycles. The predicted octanol–water partition coefficient (Wildman–Crippen LogP) is -0.963. The number of carbonyl (C=O) groups is 1. The van der Waals surface area contributed by atoms with Crippen LogP contribution in [0.5, 0.6) is 0 Å². The fourth-order valence-corrected chi connectivity index (χ4v) is 1.82. The van der Waals surface area contributed by atoms with Gasteiger partial charge in [-0.15, -0.1) is 0 Å². The standard InChI is InChI=1S/C10H19NO5S/c1-9(10(12)13)5-7-11(2,3)6-4-8-17(14,15)16/h1,4-8H2,2-3H3,(H-,12,13,14,15,16). The molecule has 0 amide bonds. The van der Waals surface area contributed by atoms with Crippen molar-refractivity contribution in [2.45, 2.75) is 12.8 Å². The summed E-state index contributed by atoms with van der Waals surface area (Å²) in [5.41, 5.74) is 0.0333. The van der Waals surface area contributed by atoms with Crippen molar-refractivity contribution in [3.05, 3.63) is 12.2 Å². The third kappa shape index (κ3) is 8.84. The Morgan fingerprint density at radius 3 is 2.29 bits per heavy atom. The van der Waals surface area contributed by atoms with Crippen molar-refractivity contribution in [2.24, 2.45) is 0 Å². The van der Waals surface area contributed by atoms with Gasteiger partial charge in [0.25, 0.3) is 10.1 Å². The van der Waals surface area contributed by atoms with Gasteiger partial charge >= 0.3 is 0 Å². The van der Waals surface area contributed by atoms with Crippen molar-refractivity contribution in [2.75, 3.05) is 32.9 Å². The number of hydrogen-bond donors (Lipinski definition) is 1. The number of carboxylic acid groups (broad SMARTS) is 1. The summed E-state index contributed by atoms with van der Waals surface area (Å²) in [5, 5.41) is 10.4. The number of nitrogens with zero attached hydrogens (tertiary/aromatic N) is 1. The van der Waals surface area contributed by atoms with E-state index in [1.54, 1.807) is 0 Å². The summed E-state index contributed by atoms with van der Waals surface area (Å²) >= 11 is 0. The number of carboxylic acids is 1. The Bertz CT molecular complexity index is 386. The first-order valence-corrected chi connectivity index (χ1v) is 6.81. The molecule has 0 rings (SSSR count). The molecule has 0 bridgehead atoms. The SMILES string of the molecule is C=C(CC[N+](C)(C)CCCS(=O)(=O)O)C(=O)[O-]. The van der Waals surface area contributed by atoms with Crippen LogP contribution in [0, 0.1) is 0 Å². The smallest absolute Gasteiger partial charge is 0.265 e. The van der Waals surface area contributed by atoms with Gasteiger partial charge in [0.05, 0.1) is 38.9 Å². The highest BCUT2D eigenvalue weighted by Gasteiger charge is 2.16. The van der Waals surface area contributed by atoms with Gasteiger partial charge in [0, 0.05) is 12.8 Å². The number of aliphatic carboxylic acids is 1. The molecular formula is C10H19NO5S.